The second kappa shape index (κ2) is 12.0. The summed E-state index contributed by atoms with van der Waals surface area (Å²) in [4.78, 5) is 24.4. The largest absolute Gasteiger partial charge is 0.480 e. The summed E-state index contributed by atoms with van der Waals surface area (Å²) in [6, 6.07) is 7.14. The lowest BCUT2D eigenvalue weighted by atomic mass is 10.0. The Kier molecular flexibility index (Phi) is 10.4. The van der Waals surface area contributed by atoms with Crippen LogP contribution in [0.3, 0.4) is 0 Å². The molecule has 2 atom stereocenters. The molecule has 0 unspecified atom stereocenters. The maximum Gasteiger partial charge on any atom is 0.406 e. The van der Waals surface area contributed by atoms with Crippen LogP contribution in [0.25, 0.3) is 0 Å². The van der Waals surface area contributed by atoms with E-state index >= 15 is 0 Å². The quantitative estimate of drug-likeness (QED) is 0.425. The van der Waals surface area contributed by atoms with Gasteiger partial charge in [-0.3, -0.25) is 13.8 Å². The predicted octanol–water partition coefficient (Wildman–Crippen LogP) is 2.98. The summed E-state index contributed by atoms with van der Waals surface area (Å²) in [7, 11) is -3.72. The van der Waals surface area contributed by atoms with Crippen molar-refractivity contribution in [1.29, 1.82) is 0 Å². The van der Waals surface area contributed by atoms with Crippen molar-refractivity contribution in [1.82, 2.24) is 10.4 Å². The highest BCUT2D eigenvalue weighted by Gasteiger charge is 2.33. The van der Waals surface area contributed by atoms with E-state index in [0.29, 0.717) is 0 Å². The molecule has 8 nitrogen and oxygen atoms in total. The molecule has 1 amide bonds. The summed E-state index contributed by atoms with van der Waals surface area (Å²) in [5.41, 5.74) is 0.824. The molecular formula is C19H31N2O6P. The molecule has 0 aliphatic carbocycles. The predicted molar refractivity (Wildman–Crippen MR) is 107 cm³/mol. The molecule has 0 aliphatic rings. The van der Waals surface area contributed by atoms with Crippen LogP contribution >= 0.6 is 7.75 Å². The summed E-state index contributed by atoms with van der Waals surface area (Å²) in [5, 5.41) is 14.6. The Labute approximate surface area is 166 Å². The van der Waals surface area contributed by atoms with E-state index in [0.717, 1.165) is 5.56 Å². The highest BCUT2D eigenvalue weighted by atomic mass is 31.2. The SMILES string of the molecule is CCOP(=O)(N[C@@H](Cc1ccccc1)C(=O)N[C@@H](CC(C)C)C(=O)O)OCC. The number of carbonyl (C=O) groups excluding carboxylic acids is 1. The van der Waals surface area contributed by atoms with Crippen molar-refractivity contribution < 1.29 is 28.3 Å². The minimum atomic E-state index is -3.72. The van der Waals surface area contributed by atoms with Gasteiger partial charge >= 0.3 is 13.7 Å². The fraction of sp³-hybridized carbons (Fsp3) is 0.579. The normalized spacial score (nSPS) is 13.9. The molecule has 158 valence electrons. The zero-order valence-corrected chi connectivity index (χ0v) is 17.8. The van der Waals surface area contributed by atoms with Gasteiger partial charge in [-0.1, -0.05) is 44.2 Å². The standard InChI is InChI=1S/C19H31N2O6P/c1-5-26-28(25,27-6-2)21-16(13-15-10-8-7-9-11-15)18(22)20-17(19(23)24)12-14(3)4/h7-11,14,16-17H,5-6,12-13H2,1-4H3,(H,20,22)(H,21,25)(H,23,24)/t16-,17-/m0/s1. The van der Waals surface area contributed by atoms with Crippen LogP contribution in [0.4, 0.5) is 0 Å². The van der Waals surface area contributed by atoms with Crippen molar-refractivity contribution in [2.24, 2.45) is 5.92 Å². The van der Waals surface area contributed by atoms with Crippen molar-refractivity contribution in [2.75, 3.05) is 13.2 Å². The zero-order valence-electron chi connectivity index (χ0n) is 16.9. The number of carbonyl (C=O) groups is 2. The molecule has 0 aliphatic heterocycles. The van der Waals surface area contributed by atoms with Crippen LogP contribution in [0.15, 0.2) is 30.3 Å². The van der Waals surface area contributed by atoms with E-state index < -0.39 is 31.7 Å². The minimum Gasteiger partial charge on any atom is -0.480 e. The number of carboxylic acids is 1. The number of aliphatic carboxylic acids is 1. The van der Waals surface area contributed by atoms with Gasteiger partial charge in [-0.05, 0) is 38.2 Å². The summed E-state index contributed by atoms with van der Waals surface area (Å²) in [6.45, 7) is 7.36. The molecule has 0 fully saturated rings. The smallest absolute Gasteiger partial charge is 0.406 e. The summed E-state index contributed by atoms with van der Waals surface area (Å²) >= 11 is 0. The van der Waals surface area contributed by atoms with Crippen molar-refractivity contribution in [3.05, 3.63) is 35.9 Å². The Bertz CT molecular complexity index is 658. The Balaban J connectivity index is 3.05. The topological polar surface area (TPSA) is 114 Å². The lowest BCUT2D eigenvalue weighted by molar-refractivity contribution is -0.142. The van der Waals surface area contributed by atoms with Gasteiger partial charge in [0.05, 0.1) is 13.2 Å². The molecule has 0 heterocycles. The van der Waals surface area contributed by atoms with Crippen molar-refractivity contribution in [3.8, 4) is 0 Å². The molecule has 1 rings (SSSR count). The second-order valence-electron chi connectivity index (χ2n) is 6.73. The molecule has 0 saturated heterocycles. The summed E-state index contributed by atoms with van der Waals surface area (Å²) in [5.74, 6) is -1.60. The van der Waals surface area contributed by atoms with E-state index in [1.54, 1.807) is 13.8 Å². The zero-order chi connectivity index (χ0) is 21.2. The second-order valence-corrected chi connectivity index (χ2v) is 8.50. The average molecular weight is 414 g/mol. The average Bonchev–Trinajstić information content (AvgIpc) is 2.61. The van der Waals surface area contributed by atoms with Crippen LogP contribution in [0.1, 0.15) is 39.7 Å². The lowest BCUT2D eigenvalue weighted by Crippen LogP contribution is -2.50. The maximum atomic E-state index is 12.9. The number of benzene rings is 1. The van der Waals surface area contributed by atoms with Crippen LogP contribution < -0.4 is 10.4 Å². The Morgan fingerprint density at radius 3 is 2.11 bits per heavy atom. The first-order valence-electron chi connectivity index (χ1n) is 9.44. The van der Waals surface area contributed by atoms with Crippen LogP contribution in [-0.2, 0) is 29.6 Å². The van der Waals surface area contributed by atoms with E-state index in [9.17, 15) is 19.3 Å². The summed E-state index contributed by atoms with van der Waals surface area (Å²) < 4.78 is 23.3. The Morgan fingerprint density at radius 2 is 1.64 bits per heavy atom. The van der Waals surface area contributed by atoms with Gasteiger partial charge in [0.25, 0.3) is 0 Å². The molecule has 0 aromatic heterocycles. The molecule has 0 saturated carbocycles. The Morgan fingerprint density at radius 1 is 1.07 bits per heavy atom. The fourth-order valence-corrected chi connectivity index (χ4v) is 4.15. The maximum absolute atomic E-state index is 12.9. The number of rotatable bonds is 13. The first-order valence-corrected chi connectivity index (χ1v) is 11.0. The van der Waals surface area contributed by atoms with Gasteiger partial charge in [-0.2, -0.15) is 0 Å². The van der Waals surface area contributed by atoms with Crippen LogP contribution in [0, 0.1) is 5.92 Å². The van der Waals surface area contributed by atoms with E-state index in [4.69, 9.17) is 9.05 Å². The number of hydrogen-bond acceptors (Lipinski definition) is 5. The van der Waals surface area contributed by atoms with Gasteiger partial charge < -0.3 is 10.4 Å². The van der Waals surface area contributed by atoms with Crippen LogP contribution in [-0.4, -0.2) is 42.3 Å². The molecule has 9 heteroatoms. The van der Waals surface area contributed by atoms with E-state index in [2.05, 4.69) is 10.4 Å². The molecule has 1 aromatic carbocycles. The van der Waals surface area contributed by atoms with Gasteiger partial charge in [-0.25, -0.2) is 14.4 Å². The van der Waals surface area contributed by atoms with Gasteiger partial charge in [0.2, 0.25) is 5.91 Å². The van der Waals surface area contributed by atoms with Gasteiger partial charge in [0.1, 0.15) is 12.1 Å². The summed E-state index contributed by atoms with van der Waals surface area (Å²) in [6.07, 6.45) is 0.485. The van der Waals surface area contributed by atoms with Crippen LogP contribution in [0.5, 0.6) is 0 Å². The highest BCUT2D eigenvalue weighted by Crippen LogP contribution is 2.44. The third kappa shape index (κ3) is 8.52. The van der Waals surface area contributed by atoms with Gasteiger partial charge in [-0.15, -0.1) is 0 Å². The molecule has 0 spiro atoms. The molecule has 28 heavy (non-hydrogen) atoms. The van der Waals surface area contributed by atoms with Crippen molar-refractivity contribution in [3.63, 3.8) is 0 Å². The number of nitrogens with one attached hydrogen (secondary N) is 2. The number of carboxylic acid groups (broad SMARTS) is 1. The third-order valence-corrected chi connectivity index (χ3v) is 5.66. The molecule has 0 radical (unpaired) electrons. The van der Waals surface area contributed by atoms with Gasteiger partial charge in [0.15, 0.2) is 0 Å². The monoisotopic (exact) mass is 414 g/mol. The first-order chi connectivity index (χ1) is 13.2. The molecule has 3 N–H and O–H groups in total. The van der Waals surface area contributed by atoms with E-state index in [1.165, 1.54) is 0 Å². The van der Waals surface area contributed by atoms with Crippen molar-refractivity contribution >= 4 is 19.6 Å². The molecular weight excluding hydrogens is 383 g/mol. The fourth-order valence-electron chi connectivity index (χ4n) is 2.65. The minimum absolute atomic E-state index is 0.0832. The third-order valence-electron chi connectivity index (χ3n) is 3.83. The number of amides is 1. The van der Waals surface area contributed by atoms with Crippen molar-refractivity contribution in [2.45, 2.75) is 52.6 Å². The first kappa shape index (κ1) is 24.3. The number of hydrogen-bond donors (Lipinski definition) is 3. The molecule has 1 aromatic rings. The highest BCUT2D eigenvalue weighted by molar-refractivity contribution is 7.51. The lowest BCUT2D eigenvalue weighted by Gasteiger charge is -2.26. The van der Waals surface area contributed by atoms with Gasteiger partial charge in [0, 0.05) is 0 Å². The van der Waals surface area contributed by atoms with E-state index in [1.807, 2.05) is 44.2 Å². The Hall–Kier alpha value is -1.73. The van der Waals surface area contributed by atoms with Crippen LogP contribution in [0.2, 0.25) is 0 Å². The van der Waals surface area contributed by atoms with E-state index in [-0.39, 0.29) is 32.0 Å². The molecule has 0 bridgehead atoms.